The highest BCUT2D eigenvalue weighted by Gasteiger charge is 2.14. The lowest BCUT2D eigenvalue weighted by atomic mass is 10.1. The molecule has 1 N–H and O–H groups in total. The Morgan fingerprint density at radius 2 is 1.56 bits per heavy atom. The van der Waals surface area contributed by atoms with Crippen molar-refractivity contribution in [1.82, 2.24) is 0 Å². The number of carbonyl (C=O) groups is 1. The van der Waals surface area contributed by atoms with Crippen LogP contribution in [0.3, 0.4) is 0 Å². The standard InChI is InChI=1S/C23H19NO3/c1-26-20-13-14-22(27-2)21(16-20)23(25)24-19-10-6-9-18(15-19)12-11-17-7-4-3-5-8-17/h3-10,13-16H,1-2H3,(H,24,25). The largest absolute Gasteiger partial charge is 0.497 e. The zero-order chi connectivity index (χ0) is 19.1. The van der Waals surface area contributed by atoms with Gasteiger partial charge in [0.05, 0.1) is 19.8 Å². The average molecular weight is 357 g/mol. The van der Waals surface area contributed by atoms with Crippen molar-refractivity contribution >= 4 is 11.6 Å². The van der Waals surface area contributed by atoms with Crippen LogP contribution in [-0.4, -0.2) is 20.1 Å². The molecule has 0 bridgehead atoms. The maximum absolute atomic E-state index is 12.7. The summed E-state index contributed by atoms with van der Waals surface area (Å²) < 4.78 is 10.5. The Bertz CT molecular complexity index is 1000. The minimum Gasteiger partial charge on any atom is -0.497 e. The lowest BCUT2D eigenvalue weighted by Gasteiger charge is -2.11. The third-order valence-corrected chi connectivity index (χ3v) is 3.90. The molecule has 3 rings (SSSR count). The van der Waals surface area contributed by atoms with Gasteiger partial charge in [0.25, 0.3) is 5.91 Å². The second-order valence-electron chi connectivity index (χ2n) is 5.72. The first-order chi connectivity index (χ1) is 13.2. The number of anilines is 1. The zero-order valence-electron chi connectivity index (χ0n) is 15.2. The van der Waals surface area contributed by atoms with E-state index in [4.69, 9.17) is 9.47 Å². The minimum atomic E-state index is -0.279. The maximum Gasteiger partial charge on any atom is 0.259 e. The van der Waals surface area contributed by atoms with Crippen LogP contribution in [0.4, 0.5) is 5.69 Å². The summed E-state index contributed by atoms with van der Waals surface area (Å²) in [7, 11) is 3.08. The van der Waals surface area contributed by atoms with Crippen LogP contribution in [0, 0.1) is 11.8 Å². The molecule has 0 aromatic heterocycles. The molecule has 4 heteroatoms. The van der Waals surface area contributed by atoms with Gasteiger partial charge in [-0.15, -0.1) is 0 Å². The summed E-state index contributed by atoms with van der Waals surface area (Å²) in [5.74, 6) is 7.00. The van der Waals surface area contributed by atoms with Gasteiger partial charge in [0.1, 0.15) is 11.5 Å². The van der Waals surface area contributed by atoms with Crippen molar-refractivity contribution in [2.45, 2.75) is 0 Å². The van der Waals surface area contributed by atoms with Crippen LogP contribution in [-0.2, 0) is 0 Å². The first-order valence-corrected chi connectivity index (χ1v) is 8.40. The molecule has 1 amide bonds. The molecule has 0 saturated carbocycles. The Morgan fingerprint density at radius 1 is 0.815 bits per heavy atom. The Labute approximate surface area is 158 Å². The average Bonchev–Trinajstić information content (AvgIpc) is 2.72. The number of rotatable bonds is 4. The third kappa shape index (κ3) is 4.68. The second kappa shape index (κ2) is 8.59. The van der Waals surface area contributed by atoms with Gasteiger partial charge in [-0.2, -0.15) is 0 Å². The molecule has 0 aliphatic carbocycles. The van der Waals surface area contributed by atoms with Crippen LogP contribution < -0.4 is 14.8 Å². The van der Waals surface area contributed by atoms with E-state index in [1.807, 2.05) is 54.6 Å². The number of amides is 1. The summed E-state index contributed by atoms with van der Waals surface area (Å²) in [5, 5.41) is 2.88. The van der Waals surface area contributed by atoms with E-state index >= 15 is 0 Å². The highest BCUT2D eigenvalue weighted by atomic mass is 16.5. The van der Waals surface area contributed by atoms with Crippen LogP contribution in [0.15, 0.2) is 72.8 Å². The van der Waals surface area contributed by atoms with Gasteiger partial charge in [-0.1, -0.05) is 36.1 Å². The minimum absolute atomic E-state index is 0.279. The molecule has 0 aliphatic rings. The van der Waals surface area contributed by atoms with Gasteiger partial charge in [0, 0.05) is 16.8 Å². The number of ether oxygens (including phenoxy) is 2. The zero-order valence-corrected chi connectivity index (χ0v) is 15.2. The van der Waals surface area contributed by atoms with Crippen molar-refractivity contribution in [2.75, 3.05) is 19.5 Å². The fraction of sp³-hybridized carbons (Fsp3) is 0.0870. The number of benzene rings is 3. The van der Waals surface area contributed by atoms with Crippen LogP contribution >= 0.6 is 0 Å². The SMILES string of the molecule is COc1ccc(OC)c(C(=O)Nc2cccc(C#Cc3ccccc3)c2)c1. The van der Waals surface area contributed by atoms with Gasteiger partial charge in [-0.3, -0.25) is 4.79 Å². The van der Waals surface area contributed by atoms with Gasteiger partial charge < -0.3 is 14.8 Å². The molecule has 0 radical (unpaired) electrons. The Kier molecular flexibility index (Phi) is 5.76. The molecule has 0 heterocycles. The quantitative estimate of drug-likeness (QED) is 0.706. The van der Waals surface area contributed by atoms with Gasteiger partial charge >= 0.3 is 0 Å². The van der Waals surface area contributed by atoms with Crippen LogP contribution in [0.5, 0.6) is 11.5 Å². The number of nitrogens with one attached hydrogen (secondary N) is 1. The van der Waals surface area contributed by atoms with E-state index in [-0.39, 0.29) is 5.91 Å². The van der Waals surface area contributed by atoms with Crippen molar-refractivity contribution in [3.63, 3.8) is 0 Å². The van der Waals surface area contributed by atoms with Gasteiger partial charge in [0.2, 0.25) is 0 Å². The van der Waals surface area contributed by atoms with Crippen LogP contribution in [0.25, 0.3) is 0 Å². The van der Waals surface area contributed by atoms with Crippen LogP contribution in [0.2, 0.25) is 0 Å². The number of carbonyl (C=O) groups excluding carboxylic acids is 1. The summed E-state index contributed by atoms with van der Waals surface area (Å²) in [6.45, 7) is 0. The summed E-state index contributed by atoms with van der Waals surface area (Å²) in [6.07, 6.45) is 0. The van der Waals surface area contributed by atoms with Crippen molar-refractivity contribution < 1.29 is 14.3 Å². The molecule has 0 fully saturated rings. The molecule has 0 spiro atoms. The molecule has 0 aliphatic heterocycles. The second-order valence-corrected chi connectivity index (χ2v) is 5.72. The highest BCUT2D eigenvalue weighted by Crippen LogP contribution is 2.25. The normalized spacial score (nSPS) is 9.70. The molecule has 3 aromatic rings. The van der Waals surface area contributed by atoms with Gasteiger partial charge in [-0.05, 0) is 48.5 Å². The topological polar surface area (TPSA) is 47.6 Å². The summed E-state index contributed by atoms with van der Waals surface area (Å²) >= 11 is 0. The summed E-state index contributed by atoms with van der Waals surface area (Å²) in [6, 6.07) is 22.3. The van der Waals surface area contributed by atoms with Gasteiger partial charge in [-0.25, -0.2) is 0 Å². The smallest absolute Gasteiger partial charge is 0.259 e. The van der Waals surface area contributed by atoms with E-state index in [2.05, 4.69) is 17.2 Å². The van der Waals surface area contributed by atoms with E-state index < -0.39 is 0 Å². The van der Waals surface area contributed by atoms with Crippen LogP contribution in [0.1, 0.15) is 21.5 Å². The predicted molar refractivity (Wildman–Crippen MR) is 106 cm³/mol. The molecular formula is C23H19NO3. The van der Waals surface area contributed by atoms with Gasteiger partial charge in [0.15, 0.2) is 0 Å². The lowest BCUT2D eigenvalue weighted by Crippen LogP contribution is -2.13. The molecular weight excluding hydrogens is 338 g/mol. The maximum atomic E-state index is 12.7. The van der Waals surface area contributed by atoms with E-state index in [0.717, 1.165) is 11.1 Å². The summed E-state index contributed by atoms with van der Waals surface area (Å²) in [5.41, 5.74) is 2.81. The third-order valence-electron chi connectivity index (χ3n) is 3.90. The van der Waals surface area contributed by atoms with Crippen molar-refractivity contribution in [3.8, 4) is 23.3 Å². The van der Waals surface area contributed by atoms with Crippen molar-refractivity contribution in [3.05, 3.63) is 89.5 Å². The molecule has 0 unspecified atom stereocenters. The van der Waals surface area contributed by atoms with Crippen molar-refractivity contribution in [1.29, 1.82) is 0 Å². The lowest BCUT2D eigenvalue weighted by molar-refractivity contribution is 0.102. The highest BCUT2D eigenvalue weighted by molar-refractivity contribution is 6.06. The summed E-state index contributed by atoms with van der Waals surface area (Å²) in [4.78, 5) is 12.7. The molecule has 0 atom stereocenters. The van der Waals surface area contributed by atoms with E-state index in [1.165, 1.54) is 7.11 Å². The first kappa shape index (κ1) is 18.1. The Hall–Kier alpha value is -3.71. The molecule has 3 aromatic carbocycles. The fourth-order valence-corrected chi connectivity index (χ4v) is 2.53. The monoisotopic (exact) mass is 357 g/mol. The molecule has 134 valence electrons. The molecule has 27 heavy (non-hydrogen) atoms. The predicted octanol–water partition coefficient (Wildman–Crippen LogP) is 4.36. The number of hydrogen-bond acceptors (Lipinski definition) is 3. The fourth-order valence-electron chi connectivity index (χ4n) is 2.53. The van der Waals surface area contributed by atoms with Crippen molar-refractivity contribution in [2.24, 2.45) is 0 Å². The number of hydrogen-bond donors (Lipinski definition) is 1. The molecule has 0 saturated heterocycles. The first-order valence-electron chi connectivity index (χ1n) is 8.40. The number of methoxy groups -OCH3 is 2. The Morgan fingerprint density at radius 3 is 2.30 bits per heavy atom. The molecule has 4 nitrogen and oxygen atoms in total. The van der Waals surface area contributed by atoms with E-state index in [1.54, 1.807) is 25.3 Å². The van der Waals surface area contributed by atoms with E-state index in [9.17, 15) is 4.79 Å². The van der Waals surface area contributed by atoms with E-state index in [0.29, 0.717) is 22.7 Å². The Balaban J connectivity index is 1.81.